The molecule has 2 aromatic carbocycles. The molecule has 0 aliphatic heterocycles. The zero-order valence-electron chi connectivity index (χ0n) is 17.7. The Labute approximate surface area is 206 Å². The molecule has 0 atom stereocenters. The molecule has 0 saturated carbocycles. The van der Waals surface area contributed by atoms with Gasteiger partial charge in [-0.15, -0.1) is 0 Å². The fourth-order valence-corrected chi connectivity index (χ4v) is 4.04. The molecule has 0 N–H and O–H groups in total. The molecule has 170 valence electrons. The van der Waals surface area contributed by atoms with E-state index in [1.807, 2.05) is 30.3 Å². The van der Waals surface area contributed by atoms with Gasteiger partial charge in [-0.1, -0.05) is 34.7 Å². The van der Waals surface area contributed by atoms with Gasteiger partial charge in [0.15, 0.2) is 5.65 Å². The van der Waals surface area contributed by atoms with Crippen LogP contribution in [-0.4, -0.2) is 39.7 Å². The van der Waals surface area contributed by atoms with Crippen LogP contribution in [0.1, 0.15) is 5.56 Å². The summed E-state index contributed by atoms with van der Waals surface area (Å²) in [4.78, 5) is 26.7. The Hall–Kier alpha value is -3.79. The Morgan fingerprint density at radius 3 is 2.79 bits per heavy atom. The summed E-state index contributed by atoms with van der Waals surface area (Å²) in [6.45, 7) is 0.300. The summed E-state index contributed by atoms with van der Waals surface area (Å²) in [7, 11) is 0. The van der Waals surface area contributed by atoms with Crippen LogP contribution in [-0.2, 0) is 13.1 Å². The van der Waals surface area contributed by atoms with Gasteiger partial charge in [0.2, 0.25) is 5.95 Å². The summed E-state index contributed by atoms with van der Waals surface area (Å²) >= 11 is 2.19. The molecule has 0 amide bonds. The van der Waals surface area contributed by atoms with Gasteiger partial charge >= 0.3 is 5.69 Å². The molecular weight excluding hydrogens is 552 g/mol. The molecule has 5 rings (SSSR count). The molecule has 3 heterocycles. The van der Waals surface area contributed by atoms with E-state index in [9.17, 15) is 14.4 Å². The van der Waals surface area contributed by atoms with E-state index >= 15 is 0 Å². The number of nitrogens with zero attached hydrogens (tertiary/aromatic N) is 7. The lowest BCUT2D eigenvalue weighted by Gasteiger charge is -2.11. The van der Waals surface area contributed by atoms with Gasteiger partial charge in [0.25, 0.3) is 0 Å². The molecule has 11 heteroatoms. The predicted octanol–water partition coefficient (Wildman–Crippen LogP) is 3.46. The maximum absolute atomic E-state index is 14.1. The Morgan fingerprint density at radius 1 is 1.12 bits per heavy atom. The zero-order valence-corrected chi connectivity index (χ0v) is 19.9. The molecule has 0 saturated heterocycles. The molecule has 0 radical (unpaired) electrons. The Balaban J connectivity index is 1.68. The highest BCUT2D eigenvalue weighted by molar-refractivity contribution is 14.1. The quantitative estimate of drug-likeness (QED) is 0.220. The molecular formula is C23H17FIN7O2. The van der Waals surface area contributed by atoms with Gasteiger partial charge in [-0.05, 0) is 30.3 Å². The molecule has 9 nitrogen and oxygen atoms in total. The zero-order chi connectivity index (χ0) is 23.7. The summed E-state index contributed by atoms with van der Waals surface area (Å²) in [6, 6.07) is 13.8. The highest BCUT2D eigenvalue weighted by atomic mass is 127. The third kappa shape index (κ3) is 3.90. The fourth-order valence-electron chi connectivity index (χ4n) is 3.82. The highest BCUT2D eigenvalue weighted by Gasteiger charge is 2.19. The first-order valence-corrected chi connectivity index (χ1v) is 11.9. The third-order valence-electron chi connectivity index (χ3n) is 5.33. The number of aromatic nitrogens is 6. The first-order chi connectivity index (χ1) is 16.6. The van der Waals surface area contributed by atoms with Gasteiger partial charge in [0.05, 0.1) is 36.5 Å². The number of halogens is 2. The number of rotatable bonds is 7. The second kappa shape index (κ2) is 9.22. The van der Waals surface area contributed by atoms with Crippen LogP contribution in [0.25, 0.3) is 28.1 Å². The van der Waals surface area contributed by atoms with Crippen LogP contribution in [0.5, 0.6) is 5.75 Å². The number of nitriles is 1. The Morgan fingerprint density at radius 2 is 1.97 bits per heavy atom. The Bertz CT molecular complexity index is 1620. The van der Waals surface area contributed by atoms with Crippen LogP contribution < -0.4 is 10.4 Å². The van der Waals surface area contributed by atoms with Gasteiger partial charge < -0.3 is 4.74 Å². The number of ether oxygens (including phenoxy) is 1. The molecule has 0 aliphatic carbocycles. The van der Waals surface area contributed by atoms with Gasteiger partial charge in [-0.3, -0.25) is 13.7 Å². The van der Waals surface area contributed by atoms with Crippen molar-refractivity contribution in [2.45, 2.75) is 13.1 Å². The average molecular weight is 569 g/mol. The van der Waals surface area contributed by atoms with Crippen LogP contribution in [0.2, 0.25) is 0 Å². The third-order valence-corrected chi connectivity index (χ3v) is 5.77. The first-order valence-electron chi connectivity index (χ1n) is 10.3. The average Bonchev–Trinajstić information content (AvgIpc) is 3.39. The van der Waals surface area contributed by atoms with E-state index in [2.05, 4.69) is 37.5 Å². The first kappa shape index (κ1) is 22.0. The van der Waals surface area contributed by atoms with Crippen LogP contribution in [0, 0.1) is 17.1 Å². The van der Waals surface area contributed by atoms with E-state index < -0.39 is 11.5 Å². The van der Waals surface area contributed by atoms with Gasteiger partial charge in [0, 0.05) is 9.99 Å². The van der Waals surface area contributed by atoms with E-state index in [-0.39, 0.29) is 13.1 Å². The number of hydrogen-bond donors (Lipinski definition) is 0. The number of alkyl halides is 1. The van der Waals surface area contributed by atoms with Crippen molar-refractivity contribution in [1.82, 2.24) is 28.7 Å². The maximum Gasteiger partial charge on any atom is 0.331 e. The minimum Gasteiger partial charge on any atom is -0.492 e. The summed E-state index contributed by atoms with van der Waals surface area (Å²) in [5.74, 6) is 0.372. The number of imidazole rings is 2. The molecule has 0 spiro atoms. The van der Waals surface area contributed by atoms with Crippen molar-refractivity contribution < 1.29 is 9.13 Å². The predicted molar refractivity (Wildman–Crippen MR) is 132 cm³/mol. The second-order valence-electron chi connectivity index (χ2n) is 7.38. The number of hydrogen-bond acceptors (Lipinski definition) is 6. The molecule has 0 bridgehead atoms. The van der Waals surface area contributed by atoms with Gasteiger partial charge in [0.1, 0.15) is 30.0 Å². The van der Waals surface area contributed by atoms with Crippen LogP contribution in [0.15, 0.2) is 59.8 Å². The molecule has 0 aliphatic rings. The summed E-state index contributed by atoms with van der Waals surface area (Å²) < 4.78 is 25.0. The molecule has 0 unspecified atom stereocenters. The smallest absolute Gasteiger partial charge is 0.331 e. The lowest BCUT2D eigenvalue weighted by Crippen LogP contribution is -2.25. The van der Waals surface area contributed by atoms with E-state index in [1.165, 1.54) is 27.5 Å². The van der Waals surface area contributed by atoms with Crippen LogP contribution in [0.3, 0.4) is 0 Å². The highest BCUT2D eigenvalue weighted by Crippen LogP contribution is 2.23. The molecule has 5 aromatic rings. The van der Waals surface area contributed by atoms with Crippen molar-refractivity contribution in [1.29, 1.82) is 5.26 Å². The van der Waals surface area contributed by atoms with E-state index in [1.54, 1.807) is 17.0 Å². The van der Waals surface area contributed by atoms with Gasteiger partial charge in [-0.2, -0.15) is 10.2 Å². The summed E-state index contributed by atoms with van der Waals surface area (Å²) in [5.41, 5.74) is 2.38. The maximum atomic E-state index is 14.1. The van der Waals surface area contributed by atoms with Crippen molar-refractivity contribution in [3.8, 4) is 17.8 Å². The van der Waals surface area contributed by atoms with E-state index in [0.29, 0.717) is 35.0 Å². The van der Waals surface area contributed by atoms with Crippen LogP contribution >= 0.6 is 22.6 Å². The van der Waals surface area contributed by atoms with E-state index in [4.69, 9.17) is 4.74 Å². The lowest BCUT2D eigenvalue weighted by molar-refractivity contribution is 0.341. The van der Waals surface area contributed by atoms with E-state index in [0.717, 1.165) is 15.5 Å². The van der Waals surface area contributed by atoms with Crippen molar-refractivity contribution in [2.24, 2.45) is 0 Å². The monoisotopic (exact) mass is 569 g/mol. The number of benzene rings is 2. The largest absolute Gasteiger partial charge is 0.492 e. The fraction of sp³-hybridized carbons (Fsp3) is 0.174. The van der Waals surface area contributed by atoms with Crippen molar-refractivity contribution >= 4 is 44.8 Å². The summed E-state index contributed by atoms with van der Waals surface area (Å²) in [6.07, 6.45) is 3.13. The molecule has 3 aromatic heterocycles. The Kier molecular flexibility index (Phi) is 5.97. The van der Waals surface area contributed by atoms with Crippen molar-refractivity contribution in [3.63, 3.8) is 0 Å². The minimum atomic E-state index is -0.442. The van der Waals surface area contributed by atoms with Crippen molar-refractivity contribution in [2.75, 3.05) is 11.0 Å². The normalized spacial score (nSPS) is 11.2. The standard InChI is InChI=1S/C23H17FIN7O2/c24-16-5-6-20(34-10-7-25)15(11-16)13-31-21-19(30(9-8-26)23(31)33)12-27-22(29-21)32-14-28-17-3-1-2-4-18(17)32/h1-6,11-12,14H,7,9-10,13H2. The molecule has 0 fully saturated rings. The second-order valence-corrected chi connectivity index (χ2v) is 8.46. The molecule has 34 heavy (non-hydrogen) atoms. The topological polar surface area (TPSA) is 104 Å². The number of fused-ring (bicyclic) bond motifs is 2. The van der Waals surface area contributed by atoms with Crippen LogP contribution in [0.4, 0.5) is 4.39 Å². The number of para-hydroxylation sites is 2. The summed E-state index contributed by atoms with van der Waals surface area (Å²) in [5, 5.41) is 9.26. The minimum absolute atomic E-state index is 0.0171. The van der Waals surface area contributed by atoms with Gasteiger partial charge in [-0.25, -0.2) is 19.2 Å². The van der Waals surface area contributed by atoms with Crippen molar-refractivity contribution in [3.05, 3.63) is 76.9 Å². The SMILES string of the molecule is N#CCn1c(=O)n(Cc2cc(F)ccc2OCCI)c2nc(-n3cnc4ccccc43)ncc21. The lowest BCUT2D eigenvalue weighted by atomic mass is 10.2.